The van der Waals surface area contributed by atoms with Crippen molar-refractivity contribution >= 4 is 0 Å². The van der Waals surface area contributed by atoms with Crippen molar-refractivity contribution in [3.63, 3.8) is 0 Å². The molecule has 0 fully saturated rings. The molecule has 0 spiro atoms. The van der Waals surface area contributed by atoms with Crippen LogP contribution in [0.15, 0.2) is 18.2 Å². The number of benzene rings is 1. The maximum absolute atomic E-state index is 11.8. The SMILES string of the molecule is CCOc1cc(C#N)ccc1OCCCOCC(F)(F)F. The lowest BCUT2D eigenvalue weighted by atomic mass is 10.2. The first kappa shape index (κ1) is 17.1. The molecule has 1 aromatic rings. The van der Waals surface area contributed by atoms with Crippen LogP contribution in [0.25, 0.3) is 0 Å². The number of halogens is 3. The normalized spacial score (nSPS) is 11.0. The summed E-state index contributed by atoms with van der Waals surface area (Å²) in [5, 5.41) is 8.81. The van der Waals surface area contributed by atoms with E-state index >= 15 is 0 Å². The van der Waals surface area contributed by atoms with Gasteiger partial charge in [0.15, 0.2) is 11.5 Å². The van der Waals surface area contributed by atoms with E-state index in [-0.39, 0.29) is 13.2 Å². The molecule has 0 heterocycles. The molecule has 7 heteroatoms. The third-order valence-electron chi connectivity index (χ3n) is 2.33. The van der Waals surface area contributed by atoms with Crippen LogP contribution in [0.3, 0.4) is 0 Å². The molecule has 0 bridgehead atoms. The Labute approximate surface area is 121 Å². The quantitative estimate of drug-likeness (QED) is 0.691. The molecule has 0 aliphatic rings. The van der Waals surface area contributed by atoms with Gasteiger partial charge in [-0.25, -0.2) is 0 Å². The van der Waals surface area contributed by atoms with Gasteiger partial charge in [0.2, 0.25) is 0 Å². The molecule has 0 amide bonds. The van der Waals surface area contributed by atoms with Crippen LogP contribution in [0.2, 0.25) is 0 Å². The van der Waals surface area contributed by atoms with E-state index < -0.39 is 12.8 Å². The Morgan fingerprint density at radius 2 is 1.90 bits per heavy atom. The highest BCUT2D eigenvalue weighted by Crippen LogP contribution is 2.28. The second kappa shape index (κ2) is 8.37. The molecule has 21 heavy (non-hydrogen) atoms. The van der Waals surface area contributed by atoms with Gasteiger partial charge >= 0.3 is 6.18 Å². The van der Waals surface area contributed by atoms with Crippen molar-refractivity contribution in [2.24, 2.45) is 0 Å². The number of ether oxygens (including phenoxy) is 3. The maximum Gasteiger partial charge on any atom is 0.411 e. The van der Waals surface area contributed by atoms with Gasteiger partial charge in [0, 0.05) is 12.5 Å². The molecular formula is C14H16F3NO3. The summed E-state index contributed by atoms with van der Waals surface area (Å²) in [5.41, 5.74) is 0.444. The van der Waals surface area contributed by atoms with Gasteiger partial charge in [-0.15, -0.1) is 0 Å². The van der Waals surface area contributed by atoms with Crippen molar-refractivity contribution in [2.75, 3.05) is 26.4 Å². The molecule has 0 atom stereocenters. The molecule has 0 aliphatic heterocycles. The molecule has 0 saturated carbocycles. The summed E-state index contributed by atoms with van der Waals surface area (Å²) in [5.74, 6) is 0.888. The summed E-state index contributed by atoms with van der Waals surface area (Å²) >= 11 is 0. The monoisotopic (exact) mass is 303 g/mol. The third-order valence-corrected chi connectivity index (χ3v) is 2.33. The first-order valence-electron chi connectivity index (χ1n) is 6.40. The number of hydrogen-bond acceptors (Lipinski definition) is 4. The highest BCUT2D eigenvalue weighted by atomic mass is 19.4. The van der Waals surface area contributed by atoms with Gasteiger partial charge in [0.1, 0.15) is 6.61 Å². The van der Waals surface area contributed by atoms with Crippen molar-refractivity contribution in [2.45, 2.75) is 19.5 Å². The second-order valence-corrected chi connectivity index (χ2v) is 4.08. The first-order valence-corrected chi connectivity index (χ1v) is 6.40. The highest BCUT2D eigenvalue weighted by Gasteiger charge is 2.27. The van der Waals surface area contributed by atoms with Crippen molar-refractivity contribution < 1.29 is 27.4 Å². The average Bonchev–Trinajstić information content (AvgIpc) is 2.43. The largest absolute Gasteiger partial charge is 0.490 e. The predicted molar refractivity (Wildman–Crippen MR) is 69.3 cm³/mol. The van der Waals surface area contributed by atoms with Gasteiger partial charge in [-0.1, -0.05) is 0 Å². The second-order valence-electron chi connectivity index (χ2n) is 4.08. The van der Waals surface area contributed by atoms with E-state index in [0.29, 0.717) is 30.1 Å². The van der Waals surface area contributed by atoms with Crippen molar-refractivity contribution in [3.05, 3.63) is 23.8 Å². The molecular weight excluding hydrogens is 287 g/mol. The van der Waals surface area contributed by atoms with Crippen molar-refractivity contribution in [1.29, 1.82) is 5.26 Å². The van der Waals surface area contributed by atoms with E-state index in [2.05, 4.69) is 4.74 Å². The summed E-state index contributed by atoms with van der Waals surface area (Å²) in [6.07, 6.45) is -3.99. The summed E-state index contributed by atoms with van der Waals surface area (Å²) < 4.78 is 50.8. The Balaban J connectivity index is 2.39. The number of nitriles is 1. The average molecular weight is 303 g/mol. The smallest absolute Gasteiger partial charge is 0.411 e. The van der Waals surface area contributed by atoms with Crippen molar-refractivity contribution in [1.82, 2.24) is 0 Å². The van der Waals surface area contributed by atoms with Gasteiger partial charge in [0.25, 0.3) is 0 Å². The Bertz CT molecular complexity index is 483. The van der Waals surface area contributed by atoms with E-state index in [1.165, 1.54) is 0 Å². The number of alkyl halides is 3. The zero-order valence-corrected chi connectivity index (χ0v) is 11.6. The fourth-order valence-corrected chi connectivity index (χ4v) is 1.50. The number of nitrogens with zero attached hydrogens (tertiary/aromatic N) is 1. The Kier molecular flexibility index (Phi) is 6.82. The number of rotatable bonds is 8. The van der Waals surface area contributed by atoms with E-state index in [1.807, 2.05) is 6.07 Å². The summed E-state index contributed by atoms with van der Waals surface area (Å²) in [4.78, 5) is 0. The van der Waals surface area contributed by atoms with E-state index in [4.69, 9.17) is 14.7 Å². The fourth-order valence-electron chi connectivity index (χ4n) is 1.50. The van der Waals surface area contributed by atoms with Crippen LogP contribution in [0.4, 0.5) is 13.2 Å². The van der Waals surface area contributed by atoms with Gasteiger partial charge in [-0.3, -0.25) is 0 Å². The topological polar surface area (TPSA) is 51.5 Å². The molecule has 0 saturated heterocycles. The van der Waals surface area contributed by atoms with Crippen molar-refractivity contribution in [3.8, 4) is 17.6 Å². The van der Waals surface area contributed by atoms with E-state index in [1.54, 1.807) is 25.1 Å². The molecule has 0 aliphatic carbocycles. The molecule has 1 rings (SSSR count). The maximum atomic E-state index is 11.8. The summed E-state index contributed by atoms with van der Waals surface area (Å²) in [6.45, 7) is 1.12. The molecule has 0 N–H and O–H groups in total. The lowest BCUT2D eigenvalue weighted by Crippen LogP contribution is -2.18. The van der Waals surface area contributed by atoms with Gasteiger partial charge < -0.3 is 14.2 Å². The summed E-state index contributed by atoms with van der Waals surface area (Å²) in [6, 6.07) is 6.72. The van der Waals surface area contributed by atoms with Gasteiger partial charge in [0.05, 0.1) is 31.5 Å². The van der Waals surface area contributed by atoms with Crippen LogP contribution < -0.4 is 9.47 Å². The lowest BCUT2D eigenvalue weighted by Gasteiger charge is -2.12. The van der Waals surface area contributed by atoms with Crippen LogP contribution in [0.5, 0.6) is 11.5 Å². The molecule has 0 radical (unpaired) electrons. The fraction of sp³-hybridized carbons (Fsp3) is 0.500. The Morgan fingerprint density at radius 3 is 2.52 bits per heavy atom. The third kappa shape index (κ3) is 6.86. The van der Waals surface area contributed by atoms with Crippen LogP contribution in [0, 0.1) is 11.3 Å². The van der Waals surface area contributed by atoms with Gasteiger partial charge in [-0.2, -0.15) is 18.4 Å². The minimum atomic E-state index is -4.31. The molecule has 116 valence electrons. The zero-order chi connectivity index (χ0) is 15.7. The molecule has 0 unspecified atom stereocenters. The Morgan fingerprint density at radius 1 is 1.14 bits per heavy atom. The van der Waals surface area contributed by atoms with E-state index in [9.17, 15) is 13.2 Å². The zero-order valence-electron chi connectivity index (χ0n) is 11.6. The predicted octanol–water partition coefficient (Wildman–Crippen LogP) is 3.30. The number of hydrogen-bond donors (Lipinski definition) is 0. The molecule has 4 nitrogen and oxygen atoms in total. The van der Waals surface area contributed by atoms with Crippen LogP contribution in [-0.2, 0) is 4.74 Å². The van der Waals surface area contributed by atoms with Crippen LogP contribution in [0.1, 0.15) is 18.9 Å². The standard InChI is InChI=1S/C14H16F3NO3/c1-2-20-13-8-11(9-18)4-5-12(13)21-7-3-6-19-10-14(15,16)17/h4-5,8H,2-3,6-7,10H2,1H3. The first-order chi connectivity index (χ1) is 9.96. The van der Waals surface area contributed by atoms with E-state index in [0.717, 1.165) is 0 Å². The van der Waals surface area contributed by atoms with Gasteiger partial charge in [-0.05, 0) is 19.1 Å². The minimum absolute atomic E-state index is 0.0419. The van der Waals surface area contributed by atoms with Crippen LogP contribution in [-0.4, -0.2) is 32.6 Å². The highest BCUT2D eigenvalue weighted by molar-refractivity contribution is 5.46. The lowest BCUT2D eigenvalue weighted by molar-refractivity contribution is -0.174. The molecule has 0 aromatic heterocycles. The molecule has 1 aromatic carbocycles. The minimum Gasteiger partial charge on any atom is -0.490 e. The Hall–Kier alpha value is -1.94. The van der Waals surface area contributed by atoms with Crippen LogP contribution >= 0.6 is 0 Å². The summed E-state index contributed by atoms with van der Waals surface area (Å²) in [7, 11) is 0.